The number of aromatic amines is 1. The Hall–Kier alpha value is -3.59. The number of aromatic nitrogens is 1. The van der Waals surface area contributed by atoms with Crippen LogP contribution in [0.1, 0.15) is 11.1 Å². The van der Waals surface area contributed by atoms with Crippen molar-refractivity contribution in [3.8, 4) is 0 Å². The zero-order valence-electron chi connectivity index (χ0n) is 18.5. The number of rotatable bonds is 5. The van der Waals surface area contributed by atoms with Gasteiger partial charge in [-0.1, -0.05) is 36.4 Å². The van der Waals surface area contributed by atoms with Crippen molar-refractivity contribution in [3.63, 3.8) is 0 Å². The van der Waals surface area contributed by atoms with E-state index in [1.54, 1.807) is 12.2 Å². The average molecular weight is 481 g/mol. The number of hydrogen-bond donors (Lipinski definition) is 2. The molecule has 2 bridgehead atoms. The minimum absolute atomic E-state index is 0.0733. The van der Waals surface area contributed by atoms with E-state index in [-0.39, 0.29) is 18.1 Å². The second-order valence-corrected chi connectivity index (χ2v) is 9.27. The van der Waals surface area contributed by atoms with Crippen molar-refractivity contribution in [3.05, 3.63) is 78.0 Å². The molecule has 2 N–H and O–H groups in total. The highest BCUT2D eigenvalue weighted by atomic mass is 19.4. The summed E-state index contributed by atoms with van der Waals surface area (Å²) in [5.41, 5.74) is 0.412. The molecule has 3 aromatic rings. The second kappa shape index (κ2) is 7.71. The molecule has 9 heteroatoms. The number of hydrogen-bond acceptors (Lipinski definition) is 3. The van der Waals surface area contributed by atoms with Crippen LogP contribution in [0.2, 0.25) is 0 Å². The fourth-order valence-corrected chi connectivity index (χ4v) is 5.64. The zero-order chi connectivity index (χ0) is 24.4. The molecule has 4 atom stereocenters. The fraction of sp³-hybridized carbons (Fsp3) is 0.308. The predicted octanol–water partition coefficient (Wildman–Crippen LogP) is 3.83. The summed E-state index contributed by atoms with van der Waals surface area (Å²) in [6.07, 6.45) is 1.05. The van der Waals surface area contributed by atoms with E-state index in [1.165, 1.54) is 17.0 Å². The molecule has 2 amide bonds. The number of benzene rings is 2. The lowest BCUT2D eigenvalue weighted by molar-refractivity contribution is -0.137. The molecule has 2 fully saturated rings. The molecule has 180 valence electrons. The number of fused-ring (bicyclic) bond motifs is 2. The number of carbonyl (C=O) groups is 2. The molecule has 0 radical (unpaired) electrons. The van der Waals surface area contributed by atoms with Gasteiger partial charge in [-0.3, -0.25) is 9.59 Å². The van der Waals surface area contributed by atoms with Crippen LogP contribution >= 0.6 is 0 Å². The van der Waals surface area contributed by atoms with Gasteiger partial charge in [0.25, 0.3) is 0 Å². The van der Waals surface area contributed by atoms with Crippen LogP contribution in [0, 0.1) is 11.8 Å². The highest BCUT2D eigenvalue weighted by Gasteiger charge is 2.67. The Morgan fingerprint density at radius 1 is 1.20 bits per heavy atom. The van der Waals surface area contributed by atoms with Crippen LogP contribution in [-0.2, 0) is 26.9 Å². The Morgan fingerprint density at radius 3 is 2.86 bits per heavy atom. The molecular weight excluding hydrogens is 459 g/mol. The van der Waals surface area contributed by atoms with E-state index in [9.17, 15) is 22.8 Å². The summed E-state index contributed by atoms with van der Waals surface area (Å²) in [7, 11) is 0. The lowest BCUT2D eigenvalue weighted by Crippen LogP contribution is -2.44. The number of amides is 2. The van der Waals surface area contributed by atoms with Crippen LogP contribution in [0.25, 0.3) is 10.9 Å². The van der Waals surface area contributed by atoms with Gasteiger partial charge in [-0.05, 0) is 36.2 Å². The number of para-hydroxylation sites is 1. The Kier molecular flexibility index (Phi) is 4.83. The van der Waals surface area contributed by atoms with Gasteiger partial charge in [-0.25, -0.2) is 0 Å². The summed E-state index contributed by atoms with van der Waals surface area (Å²) >= 11 is 0. The Labute approximate surface area is 198 Å². The van der Waals surface area contributed by atoms with Gasteiger partial charge in [-0.2, -0.15) is 13.2 Å². The van der Waals surface area contributed by atoms with Gasteiger partial charge in [-0.15, -0.1) is 0 Å². The lowest BCUT2D eigenvalue weighted by Gasteiger charge is -2.23. The molecule has 3 aliphatic rings. The van der Waals surface area contributed by atoms with Gasteiger partial charge in [0.05, 0.1) is 30.0 Å². The molecule has 0 saturated carbocycles. The highest BCUT2D eigenvalue weighted by molar-refractivity contribution is 6.03. The molecule has 1 spiro atoms. The van der Waals surface area contributed by atoms with E-state index in [2.05, 4.69) is 10.3 Å². The van der Waals surface area contributed by atoms with Crippen molar-refractivity contribution < 1.29 is 27.5 Å². The second-order valence-electron chi connectivity index (χ2n) is 9.27. The van der Waals surface area contributed by atoms with Crippen LogP contribution in [0.5, 0.6) is 0 Å². The van der Waals surface area contributed by atoms with Gasteiger partial charge in [0.15, 0.2) is 0 Å². The molecular formula is C26H22F3N3O3. The maximum Gasteiger partial charge on any atom is 0.416 e. The zero-order valence-corrected chi connectivity index (χ0v) is 18.5. The Balaban J connectivity index is 1.19. The number of anilines is 1. The van der Waals surface area contributed by atoms with Crippen molar-refractivity contribution in [2.45, 2.75) is 24.3 Å². The summed E-state index contributed by atoms with van der Waals surface area (Å²) < 4.78 is 45.7. The Morgan fingerprint density at radius 2 is 2.03 bits per heavy atom. The molecule has 1 aromatic heterocycles. The highest BCUT2D eigenvalue weighted by Crippen LogP contribution is 2.52. The molecule has 6 rings (SSSR count). The summed E-state index contributed by atoms with van der Waals surface area (Å²) in [6, 6.07) is 12.6. The smallest absolute Gasteiger partial charge is 0.361 e. The first-order valence-corrected chi connectivity index (χ1v) is 11.5. The summed E-state index contributed by atoms with van der Waals surface area (Å²) in [6.45, 7) is 0.461. The number of nitrogens with zero attached hydrogens (tertiary/aromatic N) is 1. The molecule has 4 heterocycles. The minimum Gasteiger partial charge on any atom is -0.361 e. The monoisotopic (exact) mass is 481 g/mol. The van der Waals surface area contributed by atoms with Crippen molar-refractivity contribution in [1.82, 2.24) is 10.3 Å². The molecule has 0 aliphatic carbocycles. The first-order chi connectivity index (χ1) is 16.8. The first kappa shape index (κ1) is 21.9. The van der Waals surface area contributed by atoms with Crippen molar-refractivity contribution >= 4 is 28.4 Å². The number of carbonyl (C=O) groups excluding carboxylic acids is 2. The van der Waals surface area contributed by atoms with Crippen LogP contribution in [0.3, 0.4) is 0 Å². The van der Waals surface area contributed by atoms with E-state index in [0.29, 0.717) is 13.0 Å². The topological polar surface area (TPSA) is 74.4 Å². The first-order valence-electron chi connectivity index (χ1n) is 11.5. The number of halogens is 3. The molecule has 2 aromatic carbocycles. The van der Waals surface area contributed by atoms with Gasteiger partial charge < -0.3 is 19.9 Å². The standard InChI is InChI=1S/C26H22F3N3O3/c27-26(28,29)16-4-3-5-17(12-16)32-14-25-10-8-20(35-25)21(22(25)24(32)34)23(33)30-11-9-15-13-31-19-7-2-1-6-18(15)19/h1-8,10,12-13,20-22,31H,9,11,14H2,(H,30,33)/t20?,21?,22?,25-/m1/s1. The molecule has 3 unspecified atom stereocenters. The third kappa shape index (κ3) is 3.44. The molecule has 6 nitrogen and oxygen atoms in total. The maximum atomic E-state index is 13.4. The molecule has 35 heavy (non-hydrogen) atoms. The lowest BCUT2D eigenvalue weighted by atomic mass is 9.77. The SMILES string of the molecule is O=C(NCCc1c[nH]c2ccccc12)C1C2C=C[C@]3(CN(c4cccc(C(F)(F)F)c4)C(=O)C13)O2. The van der Waals surface area contributed by atoms with Gasteiger partial charge >= 0.3 is 6.18 Å². The average Bonchev–Trinajstić information content (AvgIpc) is 3.59. The molecule has 3 aliphatic heterocycles. The minimum atomic E-state index is -4.52. The van der Waals surface area contributed by atoms with Crippen LogP contribution < -0.4 is 10.2 Å². The normalized spacial score (nSPS) is 27.1. The van der Waals surface area contributed by atoms with Crippen LogP contribution in [-0.4, -0.2) is 41.6 Å². The Bertz CT molecular complexity index is 1360. The van der Waals surface area contributed by atoms with E-state index in [4.69, 9.17) is 4.74 Å². The van der Waals surface area contributed by atoms with E-state index < -0.39 is 41.2 Å². The van der Waals surface area contributed by atoms with E-state index in [1.807, 2.05) is 30.5 Å². The molecule has 2 saturated heterocycles. The quantitative estimate of drug-likeness (QED) is 0.544. The third-order valence-corrected chi connectivity index (χ3v) is 7.26. The summed E-state index contributed by atoms with van der Waals surface area (Å²) in [5, 5.41) is 4.03. The number of ether oxygens (including phenoxy) is 1. The maximum absolute atomic E-state index is 13.4. The van der Waals surface area contributed by atoms with Gasteiger partial charge in [0, 0.05) is 29.3 Å². The van der Waals surface area contributed by atoms with Gasteiger partial charge in [0.1, 0.15) is 5.60 Å². The predicted molar refractivity (Wildman–Crippen MR) is 123 cm³/mol. The van der Waals surface area contributed by atoms with Crippen LogP contribution in [0.4, 0.5) is 18.9 Å². The van der Waals surface area contributed by atoms with Crippen molar-refractivity contribution in [2.24, 2.45) is 11.8 Å². The number of alkyl halides is 3. The summed E-state index contributed by atoms with van der Waals surface area (Å²) in [5.74, 6) is -2.19. The number of nitrogens with one attached hydrogen (secondary N) is 2. The van der Waals surface area contributed by atoms with Crippen LogP contribution in [0.15, 0.2) is 66.9 Å². The summed E-state index contributed by atoms with van der Waals surface area (Å²) in [4.78, 5) is 31.1. The van der Waals surface area contributed by atoms with Gasteiger partial charge in [0.2, 0.25) is 11.8 Å². The van der Waals surface area contributed by atoms with E-state index in [0.717, 1.165) is 28.6 Å². The van der Waals surface area contributed by atoms with E-state index >= 15 is 0 Å². The van der Waals surface area contributed by atoms with Crippen molar-refractivity contribution in [2.75, 3.05) is 18.0 Å². The van der Waals surface area contributed by atoms with Crippen molar-refractivity contribution in [1.29, 1.82) is 0 Å². The third-order valence-electron chi connectivity index (χ3n) is 7.26. The largest absolute Gasteiger partial charge is 0.416 e. The fourth-order valence-electron chi connectivity index (χ4n) is 5.64. The number of H-pyrrole nitrogens is 1.